The number of hydrogen-bond acceptors (Lipinski definition) is 7. The lowest BCUT2D eigenvalue weighted by Crippen LogP contribution is -2.41. The zero-order chi connectivity index (χ0) is 17.5. The summed E-state index contributed by atoms with van der Waals surface area (Å²) in [5.74, 6) is -0.0113. The molecule has 8 nitrogen and oxygen atoms in total. The number of esters is 1. The van der Waals surface area contributed by atoms with Gasteiger partial charge in [-0.3, -0.25) is 9.69 Å². The van der Waals surface area contributed by atoms with Gasteiger partial charge in [-0.25, -0.2) is 4.79 Å². The highest BCUT2D eigenvalue weighted by Crippen LogP contribution is 2.33. The zero-order valence-electron chi connectivity index (χ0n) is 14.5. The fourth-order valence-corrected chi connectivity index (χ4v) is 2.41. The average Bonchev–Trinajstić information content (AvgIpc) is 2.61. The van der Waals surface area contributed by atoms with E-state index in [9.17, 15) is 9.59 Å². The van der Waals surface area contributed by atoms with Crippen LogP contribution in [-0.2, 0) is 14.3 Å². The highest BCUT2D eigenvalue weighted by molar-refractivity contribution is 6.02. The van der Waals surface area contributed by atoms with Gasteiger partial charge in [-0.2, -0.15) is 0 Å². The topological polar surface area (TPSA) is 86.3 Å². The van der Waals surface area contributed by atoms with Crippen LogP contribution in [-0.4, -0.2) is 71.0 Å². The molecule has 0 atom stereocenters. The second-order valence-corrected chi connectivity index (χ2v) is 5.18. The number of hydrogen-bond donors (Lipinski definition) is 1. The number of anilines is 1. The molecule has 1 saturated heterocycles. The largest absolute Gasteiger partial charge is 0.493 e. The number of rotatable bonds is 6. The van der Waals surface area contributed by atoms with Gasteiger partial charge in [0, 0.05) is 25.2 Å². The minimum atomic E-state index is -0.572. The maximum absolute atomic E-state index is 12.3. The first-order chi connectivity index (χ1) is 11.6. The summed E-state index contributed by atoms with van der Waals surface area (Å²) in [5.41, 5.74) is 0.517. The summed E-state index contributed by atoms with van der Waals surface area (Å²) in [5, 5.41) is 2.74. The van der Waals surface area contributed by atoms with Crippen LogP contribution < -0.4 is 14.8 Å². The third kappa shape index (κ3) is 5.48. The van der Waals surface area contributed by atoms with Gasteiger partial charge in [-0.15, -0.1) is 12.4 Å². The van der Waals surface area contributed by atoms with E-state index in [0.717, 1.165) is 0 Å². The normalized spacial score (nSPS) is 14.2. The van der Waals surface area contributed by atoms with Gasteiger partial charge in [0.25, 0.3) is 0 Å². The molecule has 1 amide bonds. The van der Waals surface area contributed by atoms with Gasteiger partial charge in [-0.1, -0.05) is 0 Å². The van der Waals surface area contributed by atoms with Crippen LogP contribution in [0.1, 0.15) is 10.4 Å². The van der Waals surface area contributed by atoms with Crippen LogP contribution in [0.15, 0.2) is 12.1 Å². The summed E-state index contributed by atoms with van der Waals surface area (Å²) < 4.78 is 20.4. The SMILES string of the molecule is COC(=O)c1cc(OC)c(OC)cc1NC(=O)CN1CCOCC1.Cl. The van der Waals surface area contributed by atoms with Crippen molar-refractivity contribution >= 4 is 30.0 Å². The fourth-order valence-electron chi connectivity index (χ4n) is 2.41. The molecule has 0 bridgehead atoms. The van der Waals surface area contributed by atoms with E-state index in [1.54, 1.807) is 6.07 Å². The smallest absolute Gasteiger partial charge is 0.340 e. The third-order valence-electron chi connectivity index (χ3n) is 3.67. The molecule has 9 heteroatoms. The lowest BCUT2D eigenvalue weighted by Gasteiger charge is -2.26. The predicted octanol–water partition coefficient (Wildman–Crippen LogP) is 1.18. The molecule has 0 aromatic heterocycles. The first kappa shape index (κ1) is 21.0. The van der Waals surface area contributed by atoms with Crippen molar-refractivity contribution in [1.82, 2.24) is 4.90 Å². The highest BCUT2D eigenvalue weighted by atomic mass is 35.5. The number of carbonyl (C=O) groups excluding carboxylic acids is 2. The zero-order valence-corrected chi connectivity index (χ0v) is 15.3. The number of methoxy groups -OCH3 is 3. The molecule has 1 aromatic rings. The second-order valence-electron chi connectivity index (χ2n) is 5.18. The Bertz CT molecular complexity index is 605. The van der Waals surface area contributed by atoms with Crippen LogP contribution in [0.2, 0.25) is 0 Å². The van der Waals surface area contributed by atoms with Crippen molar-refractivity contribution in [2.75, 3.05) is 59.5 Å². The van der Waals surface area contributed by atoms with E-state index in [1.807, 2.05) is 4.90 Å². The summed E-state index contributed by atoms with van der Waals surface area (Å²) in [7, 11) is 4.23. The van der Waals surface area contributed by atoms with Crippen LogP contribution in [0.5, 0.6) is 11.5 Å². The van der Waals surface area contributed by atoms with Gasteiger partial charge in [0.2, 0.25) is 5.91 Å². The number of amides is 1. The van der Waals surface area contributed by atoms with E-state index < -0.39 is 5.97 Å². The Hall–Kier alpha value is -2.03. The molecule has 25 heavy (non-hydrogen) atoms. The van der Waals surface area contributed by atoms with E-state index in [2.05, 4.69) is 5.32 Å². The van der Waals surface area contributed by atoms with Crippen molar-refractivity contribution in [2.45, 2.75) is 0 Å². The van der Waals surface area contributed by atoms with E-state index in [4.69, 9.17) is 18.9 Å². The molecule has 0 spiro atoms. The Morgan fingerprint density at radius 2 is 1.72 bits per heavy atom. The molecule has 0 unspecified atom stereocenters. The van der Waals surface area contributed by atoms with Gasteiger partial charge in [-0.05, 0) is 0 Å². The Morgan fingerprint density at radius 3 is 2.28 bits per heavy atom. The fraction of sp³-hybridized carbons (Fsp3) is 0.500. The molecule has 1 aliphatic rings. The molecule has 0 radical (unpaired) electrons. The highest BCUT2D eigenvalue weighted by Gasteiger charge is 2.20. The van der Waals surface area contributed by atoms with Crippen molar-refractivity contribution in [3.8, 4) is 11.5 Å². The lowest BCUT2D eigenvalue weighted by molar-refractivity contribution is -0.118. The molecule has 0 aliphatic carbocycles. The van der Waals surface area contributed by atoms with E-state index in [1.165, 1.54) is 27.4 Å². The number of morpholine rings is 1. The van der Waals surface area contributed by atoms with Crippen molar-refractivity contribution in [3.63, 3.8) is 0 Å². The Balaban J connectivity index is 0.00000312. The molecular formula is C16H23ClN2O6. The van der Waals surface area contributed by atoms with Crippen molar-refractivity contribution in [3.05, 3.63) is 17.7 Å². The average molecular weight is 375 g/mol. The first-order valence-electron chi connectivity index (χ1n) is 7.53. The Morgan fingerprint density at radius 1 is 1.12 bits per heavy atom. The summed E-state index contributed by atoms with van der Waals surface area (Å²) in [4.78, 5) is 26.2. The minimum absolute atomic E-state index is 0. The molecule has 1 fully saturated rings. The summed E-state index contributed by atoms with van der Waals surface area (Å²) in [6.07, 6.45) is 0. The maximum atomic E-state index is 12.3. The van der Waals surface area contributed by atoms with E-state index in [0.29, 0.717) is 43.5 Å². The van der Waals surface area contributed by atoms with Crippen molar-refractivity contribution < 1.29 is 28.5 Å². The molecular weight excluding hydrogens is 352 g/mol. The van der Waals surface area contributed by atoms with Gasteiger partial charge in [0.15, 0.2) is 11.5 Å². The monoisotopic (exact) mass is 374 g/mol. The van der Waals surface area contributed by atoms with E-state index >= 15 is 0 Å². The van der Waals surface area contributed by atoms with Crippen molar-refractivity contribution in [1.29, 1.82) is 0 Å². The molecule has 140 valence electrons. The van der Waals surface area contributed by atoms with Gasteiger partial charge < -0.3 is 24.3 Å². The van der Waals surface area contributed by atoms with Gasteiger partial charge >= 0.3 is 5.97 Å². The number of halogens is 1. The predicted molar refractivity (Wildman–Crippen MR) is 94.0 cm³/mol. The maximum Gasteiger partial charge on any atom is 0.340 e. The second kappa shape index (κ2) is 10.1. The molecule has 2 rings (SSSR count). The summed E-state index contributed by atoms with van der Waals surface area (Å²) in [6, 6.07) is 3.03. The standard InChI is InChI=1S/C16H22N2O6.ClH/c1-21-13-8-11(16(20)23-3)12(9-14(13)22-2)17-15(19)10-18-4-6-24-7-5-18;/h8-9H,4-7,10H2,1-3H3,(H,17,19);1H. The summed E-state index contributed by atoms with van der Waals surface area (Å²) >= 11 is 0. The number of nitrogens with one attached hydrogen (secondary N) is 1. The van der Waals surface area contributed by atoms with Gasteiger partial charge in [0.1, 0.15) is 0 Å². The summed E-state index contributed by atoms with van der Waals surface area (Å²) in [6.45, 7) is 2.83. The quantitative estimate of drug-likeness (QED) is 0.748. The van der Waals surface area contributed by atoms with Crippen molar-refractivity contribution in [2.24, 2.45) is 0 Å². The number of nitrogens with zero attached hydrogens (tertiary/aromatic N) is 1. The molecule has 1 aliphatic heterocycles. The first-order valence-corrected chi connectivity index (χ1v) is 7.53. The number of carbonyl (C=O) groups is 2. The van der Waals surface area contributed by atoms with Crippen LogP contribution in [0.25, 0.3) is 0 Å². The van der Waals surface area contributed by atoms with Crippen LogP contribution in [0.3, 0.4) is 0 Å². The molecule has 0 saturated carbocycles. The molecule has 1 heterocycles. The van der Waals surface area contributed by atoms with Crippen LogP contribution in [0.4, 0.5) is 5.69 Å². The molecule has 1 N–H and O–H groups in total. The Labute approximate surface area is 152 Å². The Kier molecular flexibility index (Phi) is 8.47. The van der Waals surface area contributed by atoms with Crippen LogP contribution >= 0.6 is 12.4 Å². The van der Waals surface area contributed by atoms with Crippen LogP contribution in [0, 0.1) is 0 Å². The number of ether oxygens (including phenoxy) is 4. The molecule has 1 aromatic carbocycles. The minimum Gasteiger partial charge on any atom is -0.493 e. The lowest BCUT2D eigenvalue weighted by atomic mass is 10.1. The third-order valence-corrected chi connectivity index (χ3v) is 3.67. The van der Waals surface area contributed by atoms with E-state index in [-0.39, 0.29) is 30.4 Å². The van der Waals surface area contributed by atoms with Gasteiger partial charge in [0.05, 0.1) is 52.3 Å². The number of benzene rings is 1.